The zero-order valence-electron chi connectivity index (χ0n) is 6.48. The molecular weight excluding hydrogens is 161 g/mol. The van der Waals surface area contributed by atoms with E-state index in [1.54, 1.807) is 23.0 Å². The van der Waals surface area contributed by atoms with E-state index in [4.69, 9.17) is 5.11 Å². The van der Waals surface area contributed by atoms with Crippen LogP contribution in [0.25, 0.3) is 0 Å². The molecule has 4 heteroatoms. The molecule has 0 saturated heterocycles. The molecule has 1 N–H and O–H groups in total. The van der Waals surface area contributed by atoms with Gasteiger partial charge in [0, 0.05) is 18.0 Å². The number of halogens is 1. The molecule has 0 radical (unpaired) electrons. The average Bonchev–Trinajstić information content (AvgIpc) is 2.52. The van der Waals surface area contributed by atoms with E-state index in [0.29, 0.717) is 11.8 Å². The summed E-state index contributed by atoms with van der Waals surface area (Å²) in [6, 6.07) is 1.61. The Morgan fingerprint density at radius 3 is 3.00 bits per heavy atom. The lowest BCUT2D eigenvalue weighted by Gasteiger charge is -2.05. The minimum atomic E-state index is -0.989. The number of aliphatic hydroxyl groups is 1. The third-order valence-corrected chi connectivity index (χ3v) is 1.51. The zero-order valence-corrected chi connectivity index (χ0v) is 6.48. The van der Waals surface area contributed by atoms with E-state index in [1.807, 2.05) is 0 Å². The highest BCUT2D eigenvalue weighted by Crippen LogP contribution is 1.99. The molecule has 0 fully saturated rings. The monoisotopic (exact) mass is 171 g/mol. The van der Waals surface area contributed by atoms with Crippen molar-refractivity contribution in [3.8, 4) is 0 Å². The average molecular weight is 171 g/mol. The molecule has 0 bridgehead atoms. The van der Waals surface area contributed by atoms with Crippen molar-refractivity contribution in [3.05, 3.63) is 24.0 Å². The van der Waals surface area contributed by atoms with E-state index >= 15 is 0 Å². The van der Waals surface area contributed by atoms with Crippen LogP contribution in [-0.4, -0.2) is 28.7 Å². The van der Waals surface area contributed by atoms with E-state index in [2.05, 4.69) is 0 Å². The van der Waals surface area contributed by atoms with Crippen LogP contribution in [0.15, 0.2) is 18.5 Å². The summed E-state index contributed by atoms with van der Waals surface area (Å²) in [6.45, 7) is -0.584. The normalized spacial score (nSPS) is 12.8. The Hall–Kier alpha value is -1.16. The Kier molecular flexibility index (Phi) is 2.99. The van der Waals surface area contributed by atoms with Gasteiger partial charge in [-0.3, -0.25) is 4.79 Å². The number of aldehydes is 1. The van der Waals surface area contributed by atoms with Crippen LogP contribution in [0, 0.1) is 0 Å². The molecule has 0 aliphatic heterocycles. The quantitative estimate of drug-likeness (QED) is 0.675. The maximum Gasteiger partial charge on any atom is 0.151 e. The summed E-state index contributed by atoms with van der Waals surface area (Å²) >= 11 is 0. The fourth-order valence-corrected chi connectivity index (χ4v) is 0.935. The smallest absolute Gasteiger partial charge is 0.151 e. The van der Waals surface area contributed by atoms with Gasteiger partial charge in [-0.15, -0.1) is 0 Å². The van der Waals surface area contributed by atoms with Gasteiger partial charge in [0.15, 0.2) is 6.29 Å². The summed E-state index contributed by atoms with van der Waals surface area (Å²) in [7, 11) is 0. The SMILES string of the molecule is O=Cc1ccn(CC(O)CF)c1. The first-order chi connectivity index (χ1) is 5.76. The number of nitrogens with zero attached hydrogens (tertiary/aromatic N) is 1. The van der Waals surface area contributed by atoms with Crippen LogP contribution in [0.4, 0.5) is 4.39 Å². The first kappa shape index (κ1) is 8.93. The highest BCUT2D eigenvalue weighted by atomic mass is 19.1. The topological polar surface area (TPSA) is 42.2 Å². The van der Waals surface area contributed by atoms with Gasteiger partial charge < -0.3 is 9.67 Å². The van der Waals surface area contributed by atoms with Crippen LogP contribution in [0.2, 0.25) is 0 Å². The Labute approximate surface area is 69.4 Å². The summed E-state index contributed by atoms with van der Waals surface area (Å²) < 4.78 is 13.4. The van der Waals surface area contributed by atoms with Crippen LogP contribution >= 0.6 is 0 Å². The first-order valence-corrected chi connectivity index (χ1v) is 3.61. The van der Waals surface area contributed by atoms with Gasteiger partial charge in [-0.05, 0) is 6.07 Å². The second-order valence-corrected chi connectivity index (χ2v) is 2.57. The largest absolute Gasteiger partial charge is 0.389 e. The predicted octanol–water partition coefficient (Wildman–Crippen LogP) is 0.631. The molecule has 1 aromatic heterocycles. The summed E-state index contributed by atoms with van der Waals surface area (Å²) in [5.74, 6) is 0. The third-order valence-electron chi connectivity index (χ3n) is 1.51. The molecule has 1 rings (SSSR count). The van der Waals surface area contributed by atoms with E-state index in [9.17, 15) is 9.18 Å². The number of alkyl halides is 1. The fourth-order valence-electron chi connectivity index (χ4n) is 0.935. The van der Waals surface area contributed by atoms with Crippen LogP contribution in [0.1, 0.15) is 10.4 Å². The Morgan fingerprint density at radius 2 is 2.50 bits per heavy atom. The zero-order chi connectivity index (χ0) is 8.97. The molecule has 1 heterocycles. The van der Waals surface area contributed by atoms with Crippen molar-refractivity contribution >= 4 is 6.29 Å². The van der Waals surface area contributed by atoms with Crippen molar-refractivity contribution in [2.75, 3.05) is 6.67 Å². The second kappa shape index (κ2) is 4.01. The number of hydrogen-bond acceptors (Lipinski definition) is 2. The first-order valence-electron chi connectivity index (χ1n) is 3.61. The molecule has 0 saturated carbocycles. The number of hydrogen-bond donors (Lipinski definition) is 1. The van der Waals surface area contributed by atoms with E-state index < -0.39 is 12.8 Å². The summed E-state index contributed by atoms with van der Waals surface area (Å²) in [5.41, 5.74) is 0.529. The van der Waals surface area contributed by atoms with Crippen molar-refractivity contribution in [2.24, 2.45) is 0 Å². The van der Waals surface area contributed by atoms with E-state index in [0.717, 1.165) is 0 Å². The van der Waals surface area contributed by atoms with Crippen molar-refractivity contribution < 1.29 is 14.3 Å². The fraction of sp³-hybridized carbons (Fsp3) is 0.375. The summed E-state index contributed by atoms with van der Waals surface area (Å²) in [4.78, 5) is 10.2. The van der Waals surface area contributed by atoms with Gasteiger partial charge in [0.25, 0.3) is 0 Å². The van der Waals surface area contributed by atoms with Gasteiger partial charge in [0.1, 0.15) is 12.8 Å². The Balaban J connectivity index is 2.57. The third kappa shape index (κ3) is 2.17. The van der Waals surface area contributed by atoms with Gasteiger partial charge in [-0.25, -0.2) is 4.39 Å². The lowest BCUT2D eigenvalue weighted by Crippen LogP contribution is -2.16. The molecule has 1 atom stereocenters. The molecule has 0 spiro atoms. The number of carbonyl (C=O) groups excluding carboxylic acids is 1. The molecule has 3 nitrogen and oxygen atoms in total. The molecule has 66 valence electrons. The molecule has 0 aliphatic rings. The molecule has 1 unspecified atom stereocenters. The molecule has 0 aliphatic carbocycles. The molecule has 0 aromatic carbocycles. The lowest BCUT2D eigenvalue weighted by atomic mass is 10.4. The van der Waals surface area contributed by atoms with Crippen LogP contribution in [0.5, 0.6) is 0 Å². The van der Waals surface area contributed by atoms with Gasteiger partial charge in [0.2, 0.25) is 0 Å². The molecule has 0 amide bonds. The lowest BCUT2D eigenvalue weighted by molar-refractivity contribution is 0.112. The molecular formula is C8H10FNO2. The van der Waals surface area contributed by atoms with E-state index in [-0.39, 0.29) is 6.54 Å². The number of aliphatic hydroxyl groups excluding tert-OH is 1. The van der Waals surface area contributed by atoms with Gasteiger partial charge in [-0.2, -0.15) is 0 Å². The maximum atomic E-state index is 11.8. The minimum Gasteiger partial charge on any atom is -0.389 e. The second-order valence-electron chi connectivity index (χ2n) is 2.57. The summed E-state index contributed by atoms with van der Waals surface area (Å²) in [6.07, 6.45) is 2.91. The minimum absolute atomic E-state index is 0.185. The Morgan fingerprint density at radius 1 is 1.75 bits per heavy atom. The molecule has 12 heavy (non-hydrogen) atoms. The highest BCUT2D eigenvalue weighted by molar-refractivity contribution is 5.74. The number of aromatic nitrogens is 1. The number of carbonyl (C=O) groups is 1. The van der Waals surface area contributed by atoms with Crippen LogP contribution < -0.4 is 0 Å². The molecule has 1 aromatic rings. The van der Waals surface area contributed by atoms with Crippen molar-refractivity contribution in [2.45, 2.75) is 12.6 Å². The van der Waals surface area contributed by atoms with Crippen molar-refractivity contribution in [1.29, 1.82) is 0 Å². The van der Waals surface area contributed by atoms with Gasteiger partial charge >= 0.3 is 0 Å². The van der Waals surface area contributed by atoms with Gasteiger partial charge in [0.05, 0.1) is 6.54 Å². The van der Waals surface area contributed by atoms with Gasteiger partial charge in [-0.1, -0.05) is 0 Å². The predicted molar refractivity (Wildman–Crippen MR) is 41.8 cm³/mol. The van der Waals surface area contributed by atoms with Crippen molar-refractivity contribution in [3.63, 3.8) is 0 Å². The van der Waals surface area contributed by atoms with E-state index in [1.165, 1.54) is 0 Å². The maximum absolute atomic E-state index is 11.8. The van der Waals surface area contributed by atoms with Crippen LogP contribution in [-0.2, 0) is 6.54 Å². The number of rotatable bonds is 4. The standard InChI is InChI=1S/C8H10FNO2/c9-3-8(12)5-10-2-1-7(4-10)6-11/h1-2,4,6,8,12H,3,5H2. The van der Waals surface area contributed by atoms with Crippen LogP contribution in [0.3, 0.4) is 0 Å². The Bertz CT molecular complexity index is 259. The van der Waals surface area contributed by atoms with Crippen molar-refractivity contribution in [1.82, 2.24) is 4.57 Å². The summed E-state index contributed by atoms with van der Waals surface area (Å²) in [5, 5.41) is 8.91. The highest BCUT2D eigenvalue weighted by Gasteiger charge is 2.03.